The summed E-state index contributed by atoms with van der Waals surface area (Å²) < 4.78 is 0. The summed E-state index contributed by atoms with van der Waals surface area (Å²) in [4.78, 5) is 13.7. The van der Waals surface area contributed by atoms with Gasteiger partial charge in [0.25, 0.3) is 0 Å². The molecule has 0 aromatic rings. The molecule has 0 heterocycles. The van der Waals surface area contributed by atoms with Gasteiger partial charge in [-0.3, -0.25) is 4.89 Å². The Morgan fingerprint density at radius 3 is 2.55 bits per heavy atom. The summed E-state index contributed by atoms with van der Waals surface area (Å²) in [6, 6.07) is 0. The van der Waals surface area contributed by atoms with Gasteiger partial charge in [0, 0.05) is 12.0 Å². The number of hydrogen-bond donors (Lipinski definition) is 3. The lowest BCUT2D eigenvalue weighted by atomic mass is 10.1. The van der Waals surface area contributed by atoms with Gasteiger partial charge in [-0.15, -0.1) is 0 Å². The molecule has 0 spiro atoms. The Morgan fingerprint density at radius 1 is 1.64 bits per heavy atom. The Labute approximate surface area is 63.5 Å². The van der Waals surface area contributed by atoms with Crippen molar-refractivity contribution in [3.05, 3.63) is 12.2 Å². The monoisotopic (exact) mass is 162 g/mol. The maximum atomic E-state index is 10.4. The topological polar surface area (TPSA) is 87.0 Å². The zero-order chi connectivity index (χ0) is 8.85. The van der Waals surface area contributed by atoms with Crippen LogP contribution in [0.2, 0.25) is 0 Å². The first-order valence-corrected chi connectivity index (χ1v) is 2.94. The van der Waals surface area contributed by atoms with Crippen molar-refractivity contribution in [2.45, 2.75) is 12.5 Å². The molecule has 0 aromatic heterocycles. The van der Waals surface area contributed by atoms with E-state index in [1.54, 1.807) is 0 Å². The van der Waals surface area contributed by atoms with Crippen LogP contribution in [0, 0.1) is 0 Å². The van der Waals surface area contributed by atoms with Crippen LogP contribution in [0.3, 0.4) is 0 Å². The highest BCUT2D eigenvalue weighted by Gasteiger charge is 2.12. The van der Waals surface area contributed by atoms with E-state index in [4.69, 9.17) is 15.5 Å². The Kier molecular flexibility index (Phi) is 4.44. The van der Waals surface area contributed by atoms with Gasteiger partial charge in [-0.05, 0) is 0 Å². The van der Waals surface area contributed by atoms with E-state index >= 15 is 0 Å². The van der Waals surface area contributed by atoms with E-state index < -0.39 is 18.7 Å². The van der Waals surface area contributed by atoms with Crippen LogP contribution in [-0.2, 0) is 9.68 Å². The first kappa shape index (κ1) is 10.1. The maximum absolute atomic E-state index is 10.4. The van der Waals surface area contributed by atoms with Gasteiger partial charge in [-0.25, -0.2) is 4.79 Å². The molecule has 0 aromatic carbocycles. The van der Waals surface area contributed by atoms with E-state index in [2.05, 4.69) is 11.5 Å². The fraction of sp³-hybridized carbons (Fsp3) is 0.500. The van der Waals surface area contributed by atoms with E-state index in [0.717, 1.165) is 0 Å². The Bertz CT molecular complexity index is 153. The molecule has 0 aliphatic rings. The van der Waals surface area contributed by atoms with Crippen LogP contribution in [-0.4, -0.2) is 34.2 Å². The summed E-state index contributed by atoms with van der Waals surface area (Å²) in [6.45, 7) is 2.75. The lowest BCUT2D eigenvalue weighted by Gasteiger charge is -2.05. The molecule has 0 fully saturated rings. The summed E-state index contributed by atoms with van der Waals surface area (Å²) in [5.74, 6) is -1.00. The summed E-state index contributed by atoms with van der Waals surface area (Å²) in [7, 11) is 0. The zero-order valence-electron chi connectivity index (χ0n) is 5.86. The number of aliphatic hydroxyl groups is 2. The number of rotatable bonds is 4. The summed E-state index contributed by atoms with van der Waals surface area (Å²) in [5.41, 5.74) is -0.0888. The van der Waals surface area contributed by atoms with Gasteiger partial charge in [0.1, 0.15) is 0 Å². The minimum Gasteiger partial charge on any atom is -0.394 e. The molecule has 0 radical (unpaired) electrons. The zero-order valence-corrected chi connectivity index (χ0v) is 5.86. The summed E-state index contributed by atoms with van der Waals surface area (Å²) in [5, 5.41) is 24.9. The van der Waals surface area contributed by atoms with E-state index in [0.29, 0.717) is 0 Å². The van der Waals surface area contributed by atoms with Crippen molar-refractivity contribution in [1.82, 2.24) is 0 Å². The molecular weight excluding hydrogens is 152 g/mol. The molecule has 64 valence electrons. The third-order valence-electron chi connectivity index (χ3n) is 1.06. The van der Waals surface area contributed by atoms with Gasteiger partial charge in [0.05, 0.1) is 12.7 Å². The molecule has 11 heavy (non-hydrogen) atoms. The SMILES string of the molecule is C=C(CC(O)CO)C(=O)OO. The quantitative estimate of drug-likeness (QED) is 0.289. The highest BCUT2D eigenvalue weighted by molar-refractivity contribution is 5.87. The average molecular weight is 162 g/mol. The average Bonchev–Trinajstić information content (AvgIpc) is 2.02. The Balaban J connectivity index is 3.77. The first-order valence-electron chi connectivity index (χ1n) is 2.94. The first-order chi connectivity index (χ1) is 5.11. The van der Waals surface area contributed by atoms with Crippen molar-refractivity contribution < 1.29 is 25.2 Å². The van der Waals surface area contributed by atoms with Crippen molar-refractivity contribution >= 4 is 5.97 Å². The Morgan fingerprint density at radius 2 is 2.18 bits per heavy atom. The largest absolute Gasteiger partial charge is 0.394 e. The second-order valence-corrected chi connectivity index (χ2v) is 2.02. The van der Waals surface area contributed by atoms with Gasteiger partial charge >= 0.3 is 5.97 Å². The molecule has 5 nitrogen and oxygen atoms in total. The molecule has 1 unspecified atom stereocenters. The molecule has 0 amide bonds. The van der Waals surface area contributed by atoms with Gasteiger partial charge in [0.2, 0.25) is 0 Å². The van der Waals surface area contributed by atoms with Crippen LogP contribution in [0.4, 0.5) is 0 Å². The van der Waals surface area contributed by atoms with E-state index in [1.165, 1.54) is 0 Å². The molecule has 0 aliphatic carbocycles. The van der Waals surface area contributed by atoms with Gasteiger partial charge in [0.15, 0.2) is 0 Å². The lowest BCUT2D eigenvalue weighted by molar-refractivity contribution is -0.229. The molecule has 0 saturated heterocycles. The van der Waals surface area contributed by atoms with E-state index in [9.17, 15) is 4.79 Å². The second-order valence-electron chi connectivity index (χ2n) is 2.02. The van der Waals surface area contributed by atoms with Crippen molar-refractivity contribution in [3.63, 3.8) is 0 Å². The molecule has 1 atom stereocenters. The standard InChI is InChI=1S/C6H10O5/c1-4(6(9)11-10)2-5(8)3-7/h5,7-8,10H,1-3H2. The van der Waals surface area contributed by atoms with Crippen molar-refractivity contribution in [3.8, 4) is 0 Å². The second kappa shape index (κ2) is 4.84. The van der Waals surface area contributed by atoms with E-state index in [1.807, 2.05) is 0 Å². The molecule has 3 N–H and O–H groups in total. The lowest BCUT2D eigenvalue weighted by Crippen LogP contribution is -2.16. The van der Waals surface area contributed by atoms with Crippen LogP contribution in [0.1, 0.15) is 6.42 Å². The normalized spacial score (nSPS) is 12.3. The van der Waals surface area contributed by atoms with Crippen molar-refractivity contribution in [2.75, 3.05) is 6.61 Å². The predicted octanol–water partition coefficient (Wildman–Crippen LogP) is -0.698. The van der Waals surface area contributed by atoms with Crippen LogP contribution >= 0.6 is 0 Å². The molecule has 0 rings (SSSR count). The fourth-order valence-corrected chi connectivity index (χ4v) is 0.497. The molecule has 5 heteroatoms. The number of carbonyl (C=O) groups excluding carboxylic acids is 1. The Hall–Kier alpha value is -0.910. The maximum Gasteiger partial charge on any atom is 0.368 e. The number of aliphatic hydroxyl groups excluding tert-OH is 2. The minimum atomic E-state index is -1.04. The van der Waals surface area contributed by atoms with Crippen molar-refractivity contribution in [2.24, 2.45) is 0 Å². The van der Waals surface area contributed by atoms with Crippen LogP contribution in [0.5, 0.6) is 0 Å². The molecule has 0 aliphatic heterocycles. The third-order valence-corrected chi connectivity index (χ3v) is 1.06. The van der Waals surface area contributed by atoms with Crippen LogP contribution in [0.15, 0.2) is 12.2 Å². The van der Waals surface area contributed by atoms with Gasteiger partial charge < -0.3 is 10.2 Å². The third kappa shape index (κ3) is 3.72. The van der Waals surface area contributed by atoms with Crippen molar-refractivity contribution in [1.29, 1.82) is 0 Å². The number of carbonyl (C=O) groups is 1. The molecule has 0 saturated carbocycles. The number of hydrogen-bond acceptors (Lipinski definition) is 5. The predicted molar refractivity (Wildman–Crippen MR) is 35.6 cm³/mol. The minimum absolute atomic E-state index is 0.0888. The van der Waals surface area contributed by atoms with Gasteiger partial charge in [-0.1, -0.05) is 6.58 Å². The van der Waals surface area contributed by atoms with Gasteiger partial charge in [-0.2, -0.15) is 5.26 Å². The van der Waals surface area contributed by atoms with E-state index in [-0.39, 0.29) is 12.0 Å². The highest BCUT2D eigenvalue weighted by Crippen LogP contribution is 2.03. The summed E-state index contributed by atoms with van der Waals surface area (Å²) in [6.07, 6.45) is -1.16. The highest BCUT2D eigenvalue weighted by atomic mass is 17.1. The fourth-order valence-electron chi connectivity index (χ4n) is 0.497. The summed E-state index contributed by atoms with van der Waals surface area (Å²) >= 11 is 0. The van der Waals surface area contributed by atoms with Crippen LogP contribution in [0.25, 0.3) is 0 Å². The molecule has 0 bridgehead atoms. The van der Waals surface area contributed by atoms with Crippen LogP contribution < -0.4 is 0 Å². The molecular formula is C6H10O5. The smallest absolute Gasteiger partial charge is 0.368 e.